The van der Waals surface area contributed by atoms with Crippen LogP contribution in [0, 0.1) is 0 Å². The predicted molar refractivity (Wildman–Crippen MR) is 117 cm³/mol. The zero-order valence-electron chi connectivity index (χ0n) is 16.2. The lowest BCUT2D eigenvalue weighted by molar-refractivity contribution is -0.165. The van der Waals surface area contributed by atoms with Crippen LogP contribution in [0.3, 0.4) is 0 Å². The average Bonchev–Trinajstić information content (AvgIpc) is 3.11. The van der Waals surface area contributed by atoms with Crippen molar-refractivity contribution in [1.29, 1.82) is 0 Å². The summed E-state index contributed by atoms with van der Waals surface area (Å²) in [4.78, 5) is 31.6. The van der Waals surface area contributed by atoms with Crippen LogP contribution in [0.15, 0.2) is 47.6 Å². The van der Waals surface area contributed by atoms with Gasteiger partial charge in [-0.25, -0.2) is 5.01 Å². The molecule has 2 amide bonds. The lowest BCUT2D eigenvalue weighted by Gasteiger charge is -2.48. The summed E-state index contributed by atoms with van der Waals surface area (Å²) in [5.74, 6) is -0.419. The van der Waals surface area contributed by atoms with Crippen LogP contribution in [0.4, 0.5) is 0 Å². The summed E-state index contributed by atoms with van der Waals surface area (Å²) in [5.41, 5.74) is 2.14. The van der Waals surface area contributed by atoms with E-state index in [0.717, 1.165) is 22.2 Å². The zero-order chi connectivity index (χ0) is 21.0. The van der Waals surface area contributed by atoms with Gasteiger partial charge in [-0.1, -0.05) is 47.5 Å². The molecular weight excluding hydrogens is 423 g/mol. The predicted octanol–water partition coefficient (Wildman–Crippen LogP) is 3.95. The summed E-state index contributed by atoms with van der Waals surface area (Å²) in [6.07, 6.45) is 2.14. The van der Waals surface area contributed by atoms with Crippen LogP contribution in [0.2, 0.25) is 10.0 Å². The van der Waals surface area contributed by atoms with Crippen molar-refractivity contribution in [3.8, 4) is 0 Å². The van der Waals surface area contributed by atoms with E-state index in [2.05, 4.69) is 10.1 Å². The van der Waals surface area contributed by atoms with E-state index >= 15 is 0 Å². The van der Waals surface area contributed by atoms with E-state index in [1.54, 1.807) is 30.0 Å². The summed E-state index contributed by atoms with van der Waals surface area (Å²) >= 11 is 12.4. The largest absolute Gasteiger partial charge is 0.356 e. The molecule has 2 aromatic carbocycles. The van der Waals surface area contributed by atoms with Gasteiger partial charge >= 0.3 is 0 Å². The Bertz CT molecular complexity index is 1210. The van der Waals surface area contributed by atoms with E-state index in [1.165, 1.54) is 11.2 Å². The van der Waals surface area contributed by atoms with Crippen LogP contribution >= 0.6 is 23.2 Å². The van der Waals surface area contributed by atoms with Crippen molar-refractivity contribution >= 4 is 52.1 Å². The molecule has 5 rings (SSSR count). The molecule has 0 saturated carbocycles. The molecule has 3 heterocycles. The smallest absolute Gasteiger partial charge is 0.275 e. The number of aromatic nitrogens is 1. The number of hydrogen-bond donors (Lipinski definition) is 1. The maximum Gasteiger partial charge on any atom is 0.275 e. The Hall–Kier alpha value is -2.83. The van der Waals surface area contributed by atoms with Gasteiger partial charge in [0.15, 0.2) is 5.54 Å². The van der Waals surface area contributed by atoms with Gasteiger partial charge in [-0.05, 0) is 37.1 Å². The third-order valence-electron chi connectivity index (χ3n) is 5.99. The molecule has 0 radical (unpaired) electrons. The molecule has 6 nitrogen and oxygen atoms in total. The molecule has 1 fully saturated rings. The van der Waals surface area contributed by atoms with E-state index in [0.29, 0.717) is 28.6 Å². The number of piperazine rings is 1. The minimum Gasteiger partial charge on any atom is -0.356 e. The number of hydrogen-bond acceptors (Lipinski definition) is 3. The molecule has 2 aliphatic heterocycles. The zero-order valence-corrected chi connectivity index (χ0v) is 17.7. The maximum absolute atomic E-state index is 13.6. The molecule has 2 aliphatic rings. The van der Waals surface area contributed by atoms with Gasteiger partial charge in [-0.2, -0.15) is 5.10 Å². The van der Waals surface area contributed by atoms with Gasteiger partial charge < -0.3 is 9.88 Å². The first-order valence-corrected chi connectivity index (χ1v) is 10.4. The number of aromatic amines is 1. The molecule has 0 unspecified atom stereocenters. The first-order chi connectivity index (χ1) is 14.4. The second-order valence-electron chi connectivity index (χ2n) is 7.63. The number of H-pyrrole nitrogens is 1. The third kappa shape index (κ3) is 2.67. The van der Waals surface area contributed by atoms with E-state index in [1.807, 2.05) is 24.3 Å². The molecule has 3 aromatic rings. The number of para-hydroxylation sites is 1. The first-order valence-electron chi connectivity index (χ1n) is 9.61. The fourth-order valence-electron chi connectivity index (χ4n) is 4.45. The molecule has 0 aliphatic carbocycles. The summed E-state index contributed by atoms with van der Waals surface area (Å²) in [5, 5.41) is 7.43. The lowest BCUT2D eigenvalue weighted by atomic mass is 9.83. The van der Waals surface area contributed by atoms with E-state index in [-0.39, 0.29) is 18.4 Å². The SMILES string of the molecule is C[C@@]12C(=O)N(N=Cc3c(Cl)cccc3Cl)CC(=O)N1CCc1c2[nH]c2ccccc12. The number of carbonyl (C=O) groups is 2. The Morgan fingerprint density at radius 1 is 1.10 bits per heavy atom. The quantitative estimate of drug-likeness (QED) is 0.612. The molecule has 1 atom stereocenters. The van der Waals surface area contributed by atoms with Gasteiger partial charge in [0, 0.05) is 23.0 Å². The summed E-state index contributed by atoms with van der Waals surface area (Å²) in [6, 6.07) is 13.1. The van der Waals surface area contributed by atoms with Gasteiger partial charge in [0.2, 0.25) is 5.91 Å². The topological polar surface area (TPSA) is 68.8 Å². The third-order valence-corrected chi connectivity index (χ3v) is 6.65. The molecule has 1 aromatic heterocycles. The molecule has 1 N–H and O–H groups in total. The molecule has 152 valence electrons. The van der Waals surface area contributed by atoms with Crippen molar-refractivity contribution in [3.05, 3.63) is 69.3 Å². The van der Waals surface area contributed by atoms with Crippen molar-refractivity contribution in [2.75, 3.05) is 13.1 Å². The van der Waals surface area contributed by atoms with Gasteiger partial charge in [0.05, 0.1) is 22.0 Å². The van der Waals surface area contributed by atoms with E-state index < -0.39 is 5.54 Å². The van der Waals surface area contributed by atoms with Crippen LogP contribution in [-0.4, -0.2) is 46.0 Å². The molecule has 1 saturated heterocycles. The first kappa shape index (κ1) is 19.2. The van der Waals surface area contributed by atoms with Crippen molar-refractivity contribution in [1.82, 2.24) is 14.9 Å². The van der Waals surface area contributed by atoms with E-state index in [4.69, 9.17) is 23.2 Å². The standard InChI is InChI=1S/C22H18Cl2N4O2/c1-22-20-14(13-5-2-3-8-18(13)26-20)9-10-27(22)19(29)12-28(21(22)30)25-11-15-16(23)6-4-7-17(15)24/h2-8,11,26H,9-10,12H2,1H3/t22-/m1/s1. The highest BCUT2D eigenvalue weighted by atomic mass is 35.5. The van der Waals surface area contributed by atoms with Crippen LogP contribution in [0.25, 0.3) is 10.9 Å². The Morgan fingerprint density at radius 3 is 2.60 bits per heavy atom. The van der Waals surface area contributed by atoms with Crippen LogP contribution in [-0.2, 0) is 21.5 Å². The average molecular weight is 441 g/mol. The van der Waals surface area contributed by atoms with Crippen molar-refractivity contribution in [2.45, 2.75) is 18.9 Å². The summed E-state index contributed by atoms with van der Waals surface area (Å²) in [7, 11) is 0. The number of hydrazone groups is 1. The van der Waals surface area contributed by atoms with Crippen LogP contribution in [0.1, 0.15) is 23.7 Å². The Kier molecular flexibility index (Phi) is 4.38. The minimum atomic E-state index is -1.15. The molecular formula is C22H18Cl2N4O2. The molecule has 8 heteroatoms. The lowest BCUT2D eigenvalue weighted by Crippen LogP contribution is -2.65. The Morgan fingerprint density at radius 2 is 1.83 bits per heavy atom. The molecule has 0 spiro atoms. The van der Waals surface area contributed by atoms with E-state index in [9.17, 15) is 9.59 Å². The van der Waals surface area contributed by atoms with Gasteiger partial charge in [0.1, 0.15) is 6.54 Å². The number of halogens is 2. The highest BCUT2D eigenvalue weighted by Gasteiger charge is 2.54. The second-order valence-corrected chi connectivity index (χ2v) is 8.45. The number of benzene rings is 2. The summed E-state index contributed by atoms with van der Waals surface area (Å²) in [6.45, 7) is 2.15. The summed E-state index contributed by atoms with van der Waals surface area (Å²) < 4.78 is 0. The van der Waals surface area contributed by atoms with Crippen molar-refractivity contribution in [2.24, 2.45) is 5.10 Å². The number of carbonyl (C=O) groups excluding carboxylic acids is 2. The van der Waals surface area contributed by atoms with Crippen LogP contribution < -0.4 is 0 Å². The fourth-order valence-corrected chi connectivity index (χ4v) is 4.94. The Labute approximate surface area is 183 Å². The number of rotatable bonds is 2. The van der Waals surface area contributed by atoms with Crippen LogP contribution in [0.5, 0.6) is 0 Å². The number of nitrogens with one attached hydrogen (secondary N) is 1. The number of fused-ring (bicyclic) bond motifs is 5. The normalized spacial score (nSPS) is 21.4. The highest BCUT2D eigenvalue weighted by molar-refractivity contribution is 6.38. The van der Waals surface area contributed by atoms with Crippen molar-refractivity contribution < 1.29 is 9.59 Å². The molecule has 30 heavy (non-hydrogen) atoms. The second kappa shape index (κ2) is 6.86. The van der Waals surface area contributed by atoms with Gasteiger partial charge in [-0.15, -0.1) is 0 Å². The Balaban J connectivity index is 1.58. The fraction of sp³-hybridized carbons (Fsp3) is 0.227. The monoisotopic (exact) mass is 440 g/mol. The highest BCUT2D eigenvalue weighted by Crippen LogP contribution is 2.42. The number of nitrogens with zero attached hydrogens (tertiary/aromatic N) is 3. The minimum absolute atomic E-state index is 0.122. The van der Waals surface area contributed by atoms with Gasteiger partial charge in [-0.3, -0.25) is 9.59 Å². The van der Waals surface area contributed by atoms with Crippen molar-refractivity contribution in [3.63, 3.8) is 0 Å². The maximum atomic E-state index is 13.6. The number of amides is 2. The molecule has 0 bridgehead atoms. The van der Waals surface area contributed by atoms with Gasteiger partial charge in [0.25, 0.3) is 5.91 Å².